The number of nitrogens with zero attached hydrogens (tertiary/aromatic N) is 1. The Morgan fingerprint density at radius 1 is 1.12 bits per heavy atom. The van der Waals surface area contributed by atoms with E-state index in [0.29, 0.717) is 6.54 Å². The molecule has 0 saturated heterocycles. The fraction of sp³-hybridized carbons (Fsp3) is 0.350. The number of fused-ring (bicyclic) bond motifs is 1. The Morgan fingerprint density at radius 3 is 2.44 bits per heavy atom. The average Bonchev–Trinajstić information content (AvgIpc) is 2.59. The number of hydrogen-bond acceptors (Lipinski definition) is 4. The molecule has 1 aliphatic heterocycles. The molecule has 0 saturated carbocycles. The molecular weight excluding hydrogens is 316 g/mol. The van der Waals surface area contributed by atoms with Crippen LogP contribution in [0.1, 0.15) is 32.4 Å². The molecule has 0 radical (unpaired) electrons. The van der Waals surface area contributed by atoms with Gasteiger partial charge in [-0.3, -0.25) is 4.90 Å². The third-order valence-electron chi connectivity index (χ3n) is 4.02. The summed E-state index contributed by atoms with van der Waals surface area (Å²) in [7, 11) is 1.65. The Morgan fingerprint density at radius 2 is 1.80 bits per heavy atom. The monoisotopic (exact) mass is 340 g/mol. The van der Waals surface area contributed by atoms with Gasteiger partial charge in [0.25, 0.3) is 0 Å². The van der Waals surface area contributed by atoms with Gasteiger partial charge in [-0.15, -0.1) is 0 Å². The van der Waals surface area contributed by atoms with Crippen LogP contribution in [-0.2, 0) is 4.74 Å². The lowest BCUT2D eigenvalue weighted by molar-refractivity contribution is 0.0577. The van der Waals surface area contributed by atoms with Gasteiger partial charge in [0.05, 0.1) is 31.1 Å². The Hall–Kier alpha value is -2.69. The molecule has 1 heterocycles. The number of nitrogens with one attached hydrogen (secondary N) is 1. The normalized spacial score (nSPS) is 16.6. The largest absolute Gasteiger partial charge is 0.497 e. The van der Waals surface area contributed by atoms with Crippen LogP contribution >= 0.6 is 0 Å². The molecule has 0 bridgehead atoms. The summed E-state index contributed by atoms with van der Waals surface area (Å²) < 4.78 is 10.8. The maximum absolute atomic E-state index is 12.7. The van der Waals surface area contributed by atoms with Gasteiger partial charge >= 0.3 is 6.09 Å². The zero-order chi connectivity index (χ0) is 18.0. The van der Waals surface area contributed by atoms with Crippen LogP contribution in [0.15, 0.2) is 48.5 Å². The number of ether oxygens (including phenoxy) is 2. The van der Waals surface area contributed by atoms with E-state index in [-0.39, 0.29) is 12.1 Å². The number of carbonyl (C=O) groups excluding carboxylic acids is 1. The van der Waals surface area contributed by atoms with Crippen molar-refractivity contribution in [2.24, 2.45) is 0 Å². The van der Waals surface area contributed by atoms with Gasteiger partial charge in [0.1, 0.15) is 11.4 Å². The molecule has 5 nitrogen and oxygen atoms in total. The van der Waals surface area contributed by atoms with Crippen molar-refractivity contribution in [3.63, 3.8) is 0 Å². The van der Waals surface area contributed by atoms with Crippen molar-refractivity contribution < 1.29 is 14.3 Å². The second-order valence-corrected chi connectivity index (χ2v) is 7.08. The van der Waals surface area contributed by atoms with Crippen molar-refractivity contribution in [3.8, 4) is 5.75 Å². The number of benzene rings is 2. The third kappa shape index (κ3) is 3.87. The molecule has 0 unspecified atom stereocenters. The molecule has 3 rings (SSSR count). The number of para-hydroxylation sites is 2. The van der Waals surface area contributed by atoms with Crippen LogP contribution in [-0.4, -0.2) is 25.3 Å². The van der Waals surface area contributed by atoms with Crippen molar-refractivity contribution in [2.45, 2.75) is 32.4 Å². The van der Waals surface area contributed by atoms with E-state index in [2.05, 4.69) is 5.32 Å². The predicted octanol–water partition coefficient (Wildman–Crippen LogP) is 4.60. The van der Waals surface area contributed by atoms with Gasteiger partial charge in [0, 0.05) is 0 Å². The van der Waals surface area contributed by atoms with Gasteiger partial charge in [-0.25, -0.2) is 4.79 Å². The summed E-state index contributed by atoms with van der Waals surface area (Å²) >= 11 is 0. The van der Waals surface area contributed by atoms with E-state index in [1.54, 1.807) is 12.0 Å². The molecule has 2 aromatic rings. The second-order valence-electron chi connectivity index (χ2n) is 7.08. The molecule has 5 heteroatoms. The minimum Gasteiger partial charge on any atom is -0.497 e. The minimum atomic E-state index is -0.535. The molecule has 1 atom stereocenters. The fourth-order valence-corrected chi connectivity index (χ4v) is 2.86. The highest BCUT2D eigenvalue weighted by molar-refractivity contribution is 5.93. The number of amides is 1. The second kappa shape index (κ2) is 6.67. The summed E-state index contributed by atoms with van der Waals surface area (Å²) in [5.74, 6) is 0.809. The summed E-state index contributed by atoms with van der Waals surface area (Å²) in [6, 6.07) is 15.6. The summed E-state index contributed by atoms with van der Waals surface area (Å²) in [4.78, 5) is 14.4. The first-order chi connectivity index (χ1) is 11.9. The third-order valence-corrected chi connectivity index (χ3v) is 4.02. The van der Waals surface area contributed by atoms with E-state index >= 15 is 0 Å². The van der Waals surface area contributed by atoms with Crippen molar-refractivity contribution >= 4 is 17.5 Å². The number of hydrogen-bond donors (Lipinski definition) is 1. The lowest BCUT2D eigenvalue weighted by Gasteiger charge is -2.36. The number of methoxy groups -OCH3 is 1. The number of carbonyl (C=O) groups is 1. The van der Waals surface area contributed by atoms with E-state index in [4.69, 9.17) is 9.47 Å². The first-order valence-corrected chi connectivity index (χ1v) is 8.37. The van der Waals surface area contributed by atoms with Gasteiger partial charge in [-0.05, 0) is 50.6 Å². The lowest BCUT2D eigenvalue weighted by Crippen LogP contribution is -2.43. The highest BCUT2D eigenvalue weighted by Crippen LogP contribution is 2.36. The smallest absolute Gasteiger partial charge is 0.414 e. The van der Waals surface area contributed by atoms with Gasteiger partial charge in [0.15, 0.2) is 0 Å². The zero-order valence-electron chi connectivity index (χ0n) is 15.1. The van der Waals surface area contributed by atoms with Gasteiger partial charge in [-0.2, -0.15) is 0 Å². The van der Waals surface area contributed by atoms with E-state index in [1.165, 1.54) is 0 Å². The van der Waals surface area contributed by atoms with Gasteiger partial charge < -0.3 is 14.8 Å². The molecule has 0 spiro atoms. The summed E-state index contributed by atoms with van der Waals surface area (Å²) in [6.45, 7) is 6.12. The van der Waals surface area contributed by atoms with Crippen molar-refractivity contribution in [1.82, 2.24) is 0 Å². The molecule has 1 N–H and O–H groups in total. The van der Waals surface area contributed by atoms with E-state index in [1.807, 2.05) is 69.3 Å². The topological polar surface area (TPSA) is 50.8 Å². The Labute approximate surface area is 148 Å². The highest BCUT2D eigenvalue weighted by atomic mass is 16.6. The maximum atomic E-state index is 12.7. The van der Waals surface area contributed by atoms with Crippen LogP contribution in [0, 0.1) is 0 Å². The van der Waals surface area contributed by atoms with Crippen LogP contribution in [0.5, 0.6) is 5.75 Å². The van der Waals surface area contributed by atoms with Crippen LogP contribution < -0.4 is 15.0 Å². The molecule has 1 amide bonds. The van der Waals surface area contributed by atoms with Crippen molar-refractivity contribution in [2.75, 3.05) is 23.9 Å². The zero-order valence-corrected chi connectivity index (χ0v) is 15.1. The SMILES string of the molecule is COc1ccc([C@@H]2CN(C(=O)OC(C)(C)C)c3ccccc3N2)cc1. The first kappa shape index (κ1) is 17.1. The maximum Gasteiger partial charge on any atom is 0.414 e. The van der Waals surface area contributed by atoms with Crippen LogP contribution in [0.3, 0.4) is 0 Å². The molecule has 0 aliphatic carbocycles. The minimum absolute atomic E-state index is 0.0201. The van der Waals surface area contributed by atoms with E-state index in [9.17, 15) is 4.79 Å². The predicted molar refractivity (Wildman–Crippen MR) is 99.4 cm³/mol. The summed E-state index contributed by atoms with van der Waals surface area (Å²) in [5.41, 5.74) is 2.30. The van der Waals surface area contributed by atoms with Crippen LogP contribution in [0.4, 0.5) is 16.2 Å². The first-order valence-electron chi connectivity index (χ1n) is 8.37. The molecule has 25 heavy (non-hydrogen) atoms. The van der Waals surface area contributed by atoms with Gasteiger partial charge in [-0.1, -0.05) is 24.3 Å². The average molecular weight is 340 g/mol. The Balaban J connectivity index is 1.90. The molecule has 2 aromatic carbocycles. The van der Waals surface area contributed by atoms with E-state index in [0.717, 1.165) is 22.7 Å². The molecule has 132 valence electrons. The fourth-order valence-electron chi connectivity index (χ4n) is 2.86. The Kier molecular flexibility index (Phi) is 4.57. The molecule has 1 aliphatic rings. The molecule has 0 aromatic heterocycles. The van der Waals surface area contributed by atoms with Crippen LogP contribution in [0.25, 0.3) is 0 Å². The number of rotatable bonds is 2. The molecular formula is C20H24N2O3. The van der Waals surface area contributed by atoms with E-state index < -0.39 is 5.60 Å². The quantitative estimate of drug-likeness (QED) is 0.868. The summed E-state index contributed by atoms with van der Waals surface area (Å²) in [5, 5.41) is 3.51. The lowest BCUT2D eigenvalue weighted by atomic mass is 10.0. The summed E-state index contributed by atoms with van der Waals surface area (Å²) in [6.07, 6.45) is -0.333. The van der Waals surface area contributed by atoms with Crippen LogP contribution in [0.2, 0.25) is 0 Å². The standard InChI is InChI=1S/C20H24N2O3/c1-20(2,3)25-19(23)22-13-17(14-9-11-15(24-4)12-10-14)21-16-7-5-6-8-18(16)22/h5-12,17,21H,13H2,1-4H3/t17-/m0/s1. The molecule has 0 fully saturated rings. The number of anilines is 2. The van der Waals surface area contributed by atoms with Crippen molar-refractivity contribution in [3.05, 3.63) is 54.1 Å². The van der Waals surface area contributed by atoms with Gasteiger partial charge in [0.2, 0.25) is 0 Å². The van der Waals surface area contributed by atoms with Crippen molar-refractivity contribution in [1.29, 1.82) is 0 Å². The highest BCUT2D eigenvalue weighted by Gasteiger charge is 2.31. The Bertz CT molecular complexity index is 750.